The number of hydrogen-bond donors (Lipinski definition) is 2. The molecule has 2 N–H and O–H groups in total. The largest absolute Gasteiger partial charge is 0.356 e. The van der Waals surface area contributed by atoms with Gasteiger partial charge in [0.15, 0.2) is 0 Å². The maximum atomic E-state index is 12.3. The van der Waals surface area contributed by atoms with Crippen LogP contribution in [0.25, 0.3) is 0 Å². The number of nitrogens with one attached hydrogen (secondary N) is 2. The van der Waals surface area contributed by atoms with Gasteiger partial charge in [0.05, 0.1) is 5.92 Å². The highest BCUT2D eigenvalue weighted by Gasteiger charge is 2.36. The molecule has 0 bridgehead atoms. The molecule has 3 aliphatic rings. The third kappa shape index (κ3) is 4.22. The molecule has 2 atom stereocenters. The molecule has 1 aliphatic carbocycles. The fraction of sp³-hybridized carbons (Fsp3) is 0.882. The van der Waals surface area contributed by atoms with Crippen molar-refractivity contribution in [1.82, 2.24) is 15.5 Å². The van der Waals surface area contributed by atoms with Gasteiger partial charge in [0, 0.05) is 25.6 Å². The molecule has 3 fully saturated rings. The summed E-state index contributed by atoms with van der Waals surface area (Å²) in [6.45, 7) is 4.47. The van der Waals surface area contributed by atoms with Gasteiger partial charge in [-0.15, -0.1) is 0 Å². The molecule has 124 valence electrons. The van der Waals surface area contributed by atoms with Gasteiger partial charge < -0.3 is 15.5 Å². The number of piperidine rings is 2. The zero-order chi connectivity index (χ0) is 15.4. The standard InChI is InChI=1S/C17H29N3O2/c21-16(19-9-7-13-3-1-8-18-11-13)15-4-2-10-20(12-15)17(22)14-5-6-14/h13-15,18H,1-12H2,(H,19,21). The Morgan fingerprint density at radius 2 is 1.95 bits per heavy atom. The van der Waals surface area contributed by atoms with Crippen LogP contribution < -0.4 is 10.6 Å². The summed E-state index contributed by atoms with van der Waals surface area (Å²) in [5, 5.41) is 6.51. The summed E-state index contributed by atoms with van der Waals surface area (Å²) < 4.78 is 0. The predicted octanol–water partition coefficient (Wildman–Crippen LogP) is 1.14. The number of rotatable bonds is 5. The molecule has 0 aromatic rings. The van der Waals surface area contributed by atoms with Crippen LogP contribution in [0.2, 0.25) is 0 Å². The lowest BCUT2D eigenvalue weighted by Gasteiger charge is -2.32. The summed E-state index contributed by atoms with van der Waals surface area (Å²) in [6.07, 6.45) is 7.56. The van der Waals surface area contributed by atoms with Crippen molar-refractivity contribution in [2.75, 3.05) is 32.7 Å². The van der Waals surface area contributed by atoms with Gasteiger partial charge in [0.1, 0.15) is 0 Å². The van der Waals surface area contributed by atoms with Crippen molar-refractivity contribution in [2.45, 2.75) is 44.9 Å². The smallest absolute Gasteiger partial charge is 0.225 e. The van der Waals surface area contributed by atoms with Crippen LogP contribution in [0, 0.1) is 17.8 Å². The molecule has 0 aromatic heterocycles. The molecule has 2 amide bonds. The molecule has 5 nitrogen and oxygen atoms in total. The van der Waals surface area contributed by atoms with E-state index in [1.165, 1.54) is 12.8 Å². The minimum Gasteiger partial charge on any atom is -0.356 e. The zero-order valence-electron chi connectivity index (χ0n) is 13.5. The second-order valence-corrected chi connectivity index (χ2v) is 7.19. The number of carbonyl (C=O) groups is 2. The van der Waals surface area contributed by atoms with Crippen molar-refractivity contribution in [1.29, 1.82) is 0 Å². The monoisotopic (exact) mass is 307 g/mol. The number of nitrogens with zero attached hydrogens (tertiary/aromatic N) is 1. The maximum Gasteiger partial charge on any atom is 0.225 e. The van der Waals surface area contributed by atoms with Crippen molar-refractivity contribution in [3.63, 3.8) is 0 Å². The van der Waals surface area contributed by atoms with Gasteiger partial charge in [-0.25, -0.2) is 0 Å². The molecule has 22 heavy (non-hydrogen) atoms. The topological polar surface area (TPSA) is 61.4 Å². The van der Waals surface area contributed by atoms with Crippen molar-refractivity contribution < 1.29 is 9.59 Å². The van der Waals surface area contributed by atoms with E-state index < -0.39 is 0 Å². The van der Waals surface area contributed by atoms with Crippen molar-refractivity contribution >= 4 is 11.8 Å². The summed E-state index contributed by atoms with van der Waals surface area (Å²) in [5.41, 5.74) is 0. The normalized spacial score (nSPS) is 29.2. The Morgan fingerprint density at radius 3 is 2.68 bits per heavy atom. The van der Waals surface area contributed by atoms with Crippen molar-refractivity contribution in [3.05, 3.63) is 0 Å². The van der Waals surface area contributed by atoms with E-state index in [0.717, 1.165) is 58.3 Å². The number of hydrogen-bond acceptors (Lipinski definition) is 3. The third-order valence-corrected chi connectivity index (χ3v) is 5.28. The molecule has 2 heterocycles. The molecule has 5 heteroatoms. The molecule has 0 aromatic carbocycles. The van der Waals surface area contributed by atoms with Gasteiger partial charge in [-0.05, 0) is 64.0 Å². The van der Waals surface area contributed by atoms with Gasteiger partial charge in [-0.3, -0.25) is 9.59 Å². The molecule has 1 saturated carbocycles. The van der Waals surface area contributed by atoms with E-state index in [9.17, 15) is 9.59 Å². The SMILES string of the molecule is O=C(NCCC1CCCNC1)C1CCCN(C(=O)C2CC2)C1. The highest BCUT2D eigenvalue weighted by atomic mass is 16.2. The van der Waals surface area contributed by atoms with Gasteiger partial charge >= 0.3 is 0 Å². The lowest BCUT2D eigenvalue weighted by Crippen LogP contribution is -2.46. The summed E-state index contributed by atoms with van der Waals surface area (Å²) >= 11 is 0. The van der Waals surface area contributed by atoms with Crippen LogP contribution in [0.3, 0.4) is 0 Å². The van der Waals surface area contributed by atoms with Gasteiger partial charge in [0.25, 0.3) is 0 Å². The first kappa shape index (κ1) is 15.8. The van der Waals surface area contributed by atoms with E-state index in [-0.39, 0.29) is 23.7 Å². The fourth-order valence-corrected chi connectivity index (χ4v) is 3.69. The molecular formula is C17H29N3O2. The number of amides is 2. The second-order valence-electron chi connectivity index (χ2n) is 7.19. The minimum absolute atomic E-state index is 0.000862. The Balaban J connectivity index is 1.38. The van der Waals surface area contributed by atoms with Crippen molar-refractivity contribution in [2.24, 2.45) is 17.8 Å². The molecule has 2 aliphatic heterocycles. The highest BCUT2D eigenvalue weighted by molar-refractivity contribution is 5.83. The van der Waals surface area contributed by atoms with Crippen LogP contribution in [0.15, 0.2) is 0 Å². The molecular weight excluding hydrogens is 278 g/mol. The summed E-state index contributed by atoms with van der Waals surface area (Å²) in [7, 11) is 0. The Kier molecular flexibility index (Phi) is 5.34. The second kappa shape index (κ2) is 7.44. The third-order valence-electron chi connectivity index (χ3n) is 5.28. The number of likely N-dealkylation sites (tertiary alicyclic amines) is 1. The number of carbonyl (C=O) groups excluding carboxylic acids is 2. The van der Waals surface area contributed by atoms with Crippen LogP contribution in [-0.4, -0.2) is 49.4 Å². The molecule has 0 spiro atoms. The quantitative estimate of drug-likeness (QED) is 0.801. The van der Waals surface area contributed by atoms with Gasteiger partial charge in [-0.2, -0.15) is 0 Å². The fourth-order valence-electron chi connectivity index (χ4n) is 3.69. The van der Waals surface area contributed by atoms with E-state index in [2.05, 4.69) is 10.6 Å². The Hall–Kier alpha value is -1.10. The Morgan fingerprint density at radius 1 is 1.09 bits per heavy atom. The van der Waals surface area contributed by atoms with Crippen LogP contribution in [-0.2, 0) is 9.59 Å². The lowest BCUT2D eigenvalue weighted by atomic mass is 9.95. The molecule has 3 rings (SSSR count). The van der Waals surface area contributed by atoms with E-state index >= 15 is 0 Å². The molecule has 2 unspecified atom stereocenters. The molecule has 2 saturated heterocycles. The van der Waals surface area contributed by atoms with E-state index in [1.807, 2.05) is 4.90 Å². The molecule has 0 radical (unpaired) electrons. The van der Waals surface area contributed by atoms with E-state index in [4.69, 9.17) is 0 Å². The van der Waals surface area contributed by atoms with Crippen LogP contribution in [0.4, 0.5) is 0 Å². The average molecular weight is 307 g/mol. The Labute approximate surface area is 133 Å². The van der Waals surface area contributed by atoms with Crippen LogP contribution in [0.5, 0.6) is 0 Å². The zero-order valence-corrected chi connectivity index (χ0v) is 13.5. The van der Waals surface area contributed by atoms with E-state index in [0.29, 0.717) is 12.5 Å². The first-order chi connectivity index (χ1) is 10.7. The average Bonchev–Trinajstić information content (AvgIpc) is 3.40. The summed E-state index contributed by atoms with van der Waals surface area (Å²) in [4.78, 5) is 26.4. The highest BCUT2D eigenvalue weighted by Crippen LogP contribution is 2.32. The Bertz CT molecular complexity index is 403. The van der Waals surface area contributed by atoms with Gasteiger partial charge in [0.2, 0.25) is 11.8 Å². The predicted molar refractivity (Wildman–Crippen MR) is 85.2 cm³/mol. The van der Waals surface area contributed by atoms with Crippen LogP contribution >= 0.6 is 0 Å². The lowest BCUT2D eigenvalue weighted by molar-refractivity contribution is -0.136. The minimum atomic E-state index is 0.000862. The summed E-state index contributed by atoms with van der Waals surface area (Å²) in [6, 6.07) is 0. The summed E-state index contributed by atoms with van der Waals surface area (Å²) in [5.74, 6) is 1.40. The first-order valence-corrected chi connectivity index (χ1v) is 9.01. The van der Waals surface area contributed by atoms with Crippen LogP contribution in [0.1, 0.15) is 44.9 Å². The maximum absolute atomic E-state index is 12.3. The van der Waals surface area contributed by atoms with Crippen molar-refractivity contribution in [3.8, 4) is 0 Å². The van der Waals surface area contributed by atoms with Gasteiger partial charge in [-0.1, -0.05) is 0 Å². The first-order valence-electron chi connectivity index (χ1n) is 9.01. The van der Waals surface area contributed by atoms with E-state index in [1.54, 1.807) is 0 Å².